The number of ether oxygens (including phenoxy) is 1. The Bertz CT molecular complexity index is 350. The first-order valence-corrected chi connectivity index (χ1v) is 5.43. The zero-order valence-corrected chi connectivity index (χ0v) is 9.86. The van der Waals surface area contributed by atoms with Crippen LogP contribution in [0.1, 0.15) is 18.9 Å². The number of aliphatic imine (C=N–C) groups is 1. The molecule has 4 heteroatoms. The average molecular weight is 221 g/mol. The molecule has 0 aliphatic rings. The Labute approximate surface area is 96.5 Å². The van der Waals surface area contributed by atoms with E-state index in [2.05, 4.69) is 17.2 Å². The molecule has 0 saturated carbocycles. The summed E-state index contributed by atoms with van der Waals surface area (Å²) in [7, 11) is 1.65. The molecule has 4 nitrogen and oxygen atoms in total. The molecular weight excluding hydrogens is 202 g/mol. The third-order valence-electron chi connectivity index (χ3n) is 2.17. The monoisotopic (exact) mass is 221 g/mol. The first-order chi connectivity index (χ1) is 7.77. The van der Waals surface area contributed by atoms with Crippen molar-refractivity contribution in [2.24, 2.45) is 10.7 Å². The predicted molar refractivity (Wildman–Crippen MR) is 66.6 cm³/mol. The minimum absolute atomic E-state index is 0.479. The van der Waals surface area contributed by atoms with Crippen LogP contribution in [-0.2, 0) is 6.54 Å². The summed E-state index contributed by atoms with van der Waals surface area (Å²) < 4.78 is 5.23. The van der Waals surface area contributed by atoms with E-state index in [1.165, 1.54) is 0 Å². The summed E-state index contributed by atoms with van der Waals surface area (Å²) in [5.74, 6) is 1.32. The Morgan fingerprint density at radius 3 is 2.88 bits per heavy atom. The molecule has 0 atom stereocenters. The highest BCUT2D eigenvalue weighted by atomic mass is 16.5. The fraction of sp³-hybridized carbons (Fsp3) is 0.417. The van der Waals surface area contributed by atoms with Crippen molar-refractivity contribution >= 4 is 5.96 Å². The molecule has 88 valence electrons. The molecule has 0 spiro atoms. The van der Waals surface area contributed by atoms with Crippen LogP contribution in [0.3, 0.4) is 0 Å². The zero-order chi connectivity index (χ0) is 11.8. The van der Waals surface area contributed by atoms with E-state index in [1.807, 2.05) is 24.3 Å². The second-order valence-corrected chi connectivity index (χ2v) is 3.44. The van der Waals surface area contributed by atoms with Crippen LogP contribution < -0.4 is 15.8 Å². The Balaban J connectivity index is 2.59. The van der Waals surface area contributed by atoms with E-state index in [0.717, 1.165) is 24.3 Å². The molecule has 1 rings (SSSR count). The molecule has 0 unspecified atom stereocenters. The van der Waals surface area contributed by atoms with Gasteiger partial charge in [0.1, 0.15) is 5.75 Å². The molecule has 1 aromatic carbocycles. The predicted octanol–water partition coefficient (Wildman–Crippen LogP) is 1.51. The Hall–Kier alpha value is -1.71. The van der Waals surface area contributed by atoms with Gasteiger partial charge in [-0.15, -0.1) is 0 Å². The van der Waals surface area contributed by atoms with Crippen molar-refractivity contribution in [1.82, 2.24) is 5.32 Å². The molecule has 0 aliphatic heterocycles. The number of nitrogens with one attached hydrogen (secondary N) is 1. The van der Waals surface area contributed by atoms with Crippen molar-refractivity contribution in [3.63, 3.8) is 0 Å². The second-order valence-electron chi connectivity index (χ2n) is 3.44. The van der Waals surface area contributed by atoms with E-state index in [0.29, 0.717) is 12.5 Å². The van der Waals surface area contributed by atoms with Gasteiger partial charge in [-0.1, -0.05) is 25.1 Å². The van der Waals surface area contributed by atoms with E-state index < -0.39 is 0 Å². The summed E-state index contributed by atoms with van der Waals surface area (Å²) >= 11 is 0. The van der Waals surface area contributed by atoms with Crippen molar-refractivity contribution in [1.29, 1.82) is 0 Å². The molecule has 0 heterocycles. The van der Waals surface area contributed by atoms with Crippen molar-refractivity contribution < 1.29 is 4.74 Å². The summed E-state index contributed by atoms with van der Waals surface area (Å²) in [6, 6.07) is 7.80. The maximum absolute atomic E-state index is 5.70. The van der Waals surface area contributed by atoms with Crippen LogP contribution in [0, 0.1) is 0 Å². The fourth-order valence-corrected chi connectivity index (χ4v) is 1.31. The van der Waals surface area contributed by atoms with Crippen LogP contribution in [0.25, 0.3) is 0 Å². The molecule has 0 radical (unpaired) electrons. The number of hydrogen-bond acceptors (Lipinski definition) is 2. The molecular formula is C12H19N3O. The van der Waals surface area contributed by atoms with Crippen molar-refractivity contribution in [3.8, 4) is 5.75 Å². The van der Waals surface area contributed by atoms with Gasteiger partial charge in [0.05, 0.1) is 13.7 Å². The maximum Gasteiger partial charge on any atom is 0.188 e. The molecule has 0 saturated heterocycles. The third-order valence-corrected chi connectivity index (χ3v) is 2.17. The van der Waals surface area contributed by atoms with Crippen molar-refractivity contribution in [2.75, 3.05) is 13.7 Å². The number of benzene rings is 1. The highest BCUT2D eigenvalue weighted by molar-refractivity contribution is 5.77. The van der Waals surface area contributed by atoms with Gasteiger partial charge in [-0.25, -0.2) is 4.99 Å². The van der Waals surface area contributed by atoms with Gasteiger partial charge in [-0.3, -0.25) is 0 Å². The van der Waals surface area contributed by atoms with Crippen molar-refractivity contribution in [3.05, 3.63) is 29.8 Å². The van der Waals surface area contributed by atoms with Gasteiger partial charge in [0.2, 0.25) is 0 Å². The highest BCUT2D eigenvalue weighted by Crippen LogP contribution is 2.17. The van der Waals surface area contributed by atoms with Crippen LogP contribution in [0.15, 0.2) is 29.3 Å². The average Bonchev–Trinajstić information content (AvgIpc) is 2.34. The Morgan fingerprint density at radius 2 is 2.19 bits per heavy atom. The van der Waals surface area contributed by atoms with Crippen molar-refractivity contribution in [2.45, 2.75) is 19.9 Å². The maximum atomic E-state index is 5.70. The first kappa shape index (κ1) is 12.4. The smallest absolute Gasteiger partial charge is 0.188 e. The number of para-hydroxylation sites is 1. The van der Waals surface area contributed by atoms with Gasteiger partial charge < -0.3 is 15.8 Å². The van der Waals surface area contributed by atoms with Crippen LogP contribution in [0.4, 0.5) is 0 Å². The van der Waals surface area contributed by atoms with Gasteiger partial charge in [-0.05, 0) is 12.5 Å². The van der Waals surface area contributed by atoms with Gasteiger partial charge in [0.25, 0.3) is 0 Å². The Morgan fingerprint density at radius 1 is 1.44 bits per heavy atom. The van der Waals surface area contributed by atoms with Crippen LogP contribution in [0.2, 0.25) is 0 Å². The lowest BCUT2D eigenvalue weighted by atomic mass is 10.2. The second kappa shape index (κ2) is 6.71. The minimum atomic E-state index is 0.479. The highest BCUT2D eigenvalue weighted by Gasteiger charge is 2.00. The molecule has 0 aliphatic carbocycles. The van der Waals surface area contributed by atoms with Crippen LogP contribution in [-0.4, -0.2) is 19.6 Å². The minimum Gasteiger partial charge on any atom is -0.496 e. The van der Waals surface area contributed by atoms with Gasteiger partial charge in [0.15, 0.2) is 5.96 Å². The lowest BCUT2D eigenvalue weighted by Crippen LogP contribution is -2.32. The number of rotatable bonds is 5. The van der Waals surface area contributed by atoms with Gasteiger partial charge in [-0.2, -0.15) is 0 Å². The molecule has 16 heavy (non-hydrogen) atoms. The molecule has 0 bridgehead atoms. The third kappa shape index (κ3) is 3.81. The topological polar surface area (TPSA) is 59.6 Å². The lowest BCUT2D eigenvalue weighted by Gasteiger charge is -2.07. The first-order valence-electron chi connectivity index (χ1n) is 5.43. The number of methoxy groups -OCH3 is 1. The number of hydrogen-bond donors (Lipinski definition) is 2. The molecule has 3 N–H and O–H groups in total. The standard InChI is InChI=1S/C12H19N3O/c1-3-8-14-12(13)15-9-10-6-4-5-7-11(10)16-2/h4-7H,3,8-9H2,1-2H3,(H3,13,14,15). The summed E-state index contributed by atoms with van der Waals surface area (Å²) in [6.07, 6.45) is 1.03. The number of nitrogens with two attached hydrogens (primary N) is 1. The van der Waals surface area contributed by atoms with Crippen LogP contribution in [0.5, 0.6) is 5.75 Å². The molecule has 0 fully saturated rings. The van der Waals surface area contributed by atoms with E-state index in [-0.39, 0.29) is 0 Å². The van der Waals surface area contributed by atoms with Gasteiger partial charge >= 0.3 is 0 Å². The molecule has 0 aromatic heterocycles. The SMILES string of the molecule is CCCNC(N)=NCc1ccccc1OC. The van der Waals surface area contributed by atoms with E-state index in [4.69, 9.17) is 10.5 Å². The fourth-order valence-electron chi connectivity index (χ4n) is 1.31. The lowest BCUT2D eigenvalue weighted by molar-refractivity contribution is 0.410. The van der Waals surface area contributed by atoms with Gasteiger partial charge in [0, 0.05) is 12.1 Å². The number of guanidine groups is 1. The molecule has 1 aromatic rings. The Kier molecular flexibility index (Phi) is 5.19. The summed E-state index contributed by atoms with van der Waals surface area (Å²) in [6.45, 7) is 3.47. The van der Waals surface area contributed by atoms with E-state index >= 15 is 0 Å². The quantitative estimate of drug-likeness (QED) is 0.585. The van der Waals surface area contributed by atoms with Crippen LogP contribution >= 0.6 is 0 Å². The molecule has 0 amide bonds. The summed E-state index contributed by atoms with van der Waals surface area (Å²) in [5.41, 5.74) is 6.73. The summed E-state index contributed by atoms with van der Waals surface area (Å²) in [5, 5.41) is 3.03. The number of nitrogens with zero attached hydrogens (tertiary/aromatic N) is 1. The summed E-state index contributed by atoms with van der Waals surface area (Å²) in [4.78, 5) is 4.24. The van der Waals surface area contributed by atoms with E-state index in [1.54, 1.807) is 7.11 Å². The largest absolute Gasteiger partial charge is 0.496 e. The normalized spacial score (nSPS) is 11.2. The zero-order valence-electron chi connectivity index (χ0n) is 9.86. The van der Waals surface area contributed by atoms with E-state index in [9.17, 15) is 0 Å².